The Morgan fingerprint density at radius 3 is 2.93 bits per heavy atom. The van der Waals surface area contributed by atoms with Crippen molar-refractivity contribution in [2.45, 2.75) is 13.3 Å². The fraction of sp³-hybridized carbons (Fsp3) is 0.545. The minimum absolute atomic E-state index is 0.0297. The molecule has 0 aliphatic carbocycles. The number of hydrogen-bond acceptors (Lipinski definition) is 3. The van der Waals surface area contributed by atoms with Crippen molar-refractivity contribution >= 4 is 17.4 Å². The highest BCUT2D eigenvalue weighted by Gasteiger charge is 1.94. The van der Waals surface area contributed by atoms with Gasteiger partial charge in [0.1, 0.15) is 0 Å². The van der Waals surface area contributed by atoms with E-state index in [1.165, 1.54) is 11.5 Å². The van der Waals surface area contributed by atoms with Crippen molar-refractivity contribution in [2.24, 2.45) is 7.05 Å². The van der Waals surface area contributed by atoms with E-state index in [1.54, 1.807) is 17.7 Å². The fourth-order valence-electron chi connectivity index (χ4n) is 1.25. The zero-order valence-corrected chi connectivity index (χ0v) is 10.1. The molecule has 0 aliphatic rings. The van der Waals surface area contributed by atoms with E-state index in [0.717, 1.165) is 18.7 Å². The number of aryl methyl sites for hydroxylation is 1. The van der Waals surface area contributed by atoms with Crippen LogP contribution in [0, 0.1) is 0 Å². The molecule has 1 heterocycles. The molecule has 0 aromatic carbocycles. The SMILES string of the molecule is CCSCCCNc1ccc(=O)n(C)c1. The Hall–Kier alpha value is -0.900. The lowest BCUT2D eigenvalue weighted by Gasteiger charge is -2.06. The lowest BCUT2D eigenvalue weighted by atomic mass is 10.4. The molecule has 1 rings (SSSR count). The Balaban J connectivity index is 2.32. The maximum absolute atomic E-state index is 11.1. The van der Waals surface area contributed by atoms with E-state index in [9.17, 15) is 4.79 Å². The summed E-state index contributed by atoms with van der Waals surface area (Å²) in [4.78, 5) is 11.1. The molecule has 0 saturated carbocycles. The first kappa shape index (κ1) is 12.2. The van der Waals surface area contributed by atoms with Gasteiger partial charge in [0.15, 0.2) is 0 Å². The van der Waals surface area contributed by atoms with Crippen LogP contribution in [0.15, 0.2) is 23.1 Å². The van der Waals surface area contributed by atoms with Crippen molar-refractivity contribution in [3.8, 4) is 0 Å². The highest BCUT2D eigenvalue weighted by atomic mass is 32.2. The summed E-state index contributed by atoms with van der Waals surface area (Å²) in [5.74, 6) is 2.37. The van der Waals surface area contributed by atoms with Crippen LogP contribution in [0.4, 0.5) is 5.69 Å². The molecule has 0 unspecified atom stereocenters. The zero-order chi connectivity index (χ0) is 11.1. The molecule has 4 heteroatoms. The van der Waals surface area contributed by atoms with Gasteiger partial charge in [0.2, 0.25) is 5.56 Å². The third-order valence-corrected chi connectivity index (χ3v) is 3.07. The Labute approximate surface area is 94.9 Å². The largest absolute Gasteiger partial charge is 0.384 e. The number of thioether (sulfide) groups is 1. The molecule has 0 radical (unpaired) electrons. The molecule has 84 valence electrons. The van der Waals surface area contributed by atoms with E-state index in [1.807, 2.05) is 24.0 Å². The van der Waals surface area contributed by atoms with Crippen LogP contribution in [0.2, 0.25) is 0 Å². The van der Waals surface area contributed by atoms with Crippen LogP contribution in [-0.2, 0) is 7.05 Å². The number of aromatic nitrogens is 1. The monoisotopic (exact) mass is 226 g/mol. The fourth-order valence-corrected chi connectivity index (χ4v) is 1.89. The van der Waals surface area contributed by atoms with E-state index in [-0.39, 0.29) is 5.56 Å². The average Bonchev–Trinajstić information content (AvgIpc) is 2.23. The Morgan fingerprint density at radius 2 is 2.27 bits per heavy atom. The number of anilines is 1. The number of hydrogen-bond donors (Lipinski definition) is 1. The standard InChI is InChI=1S/C11H18N2OS/c1-3-15-8-4-7-12-10-5-6-11(14)13(2)9-10/h5-6,9,12H,3-4,7-8H2,1-2H3. The lowest BCUT2D eigenvalue weighted by molar-refractivity contribution is 0.857. The minimum Gasteiger partial charge on any atom is -0.384 e. The highest BCUT2D eigenvalue weighted by Crippen LogP contribution is 2.04. The highest BCUT2D eigenvalue weighted by molar-refractivity contribution is 7.99. The second-order valence-electron chi connectivity index (χ2n) is 3.34. The van der Waals surface area contributed by atoms with Crippen LogP contribution in [0.3, 0.4) is 0 Å². The first-order valence-electron chi connectivity index (χ1n) is 5.22. The van der Waals surface area contributed by atoms with Crippen molar-refractivity contribution in [3.05, 3.63) is 28.7 Å². The molecule has 1 aromatic heterocycles. The van der Waals surface area contributed by atoms with E-state index in [0.29, 0.717) is 0 Å². The van der Waals surface area contributed by atoms with Gasteiger partial charge in [-0.1, -0.05) is 6.92 Å². The average molecular weight is 226 g/mol. The number of pyridine rings is 1. The topological polar surface area (TPSA) is 34.0 Å². The van der Waals surface area contributed by atoms with Crippen LogP contribution < -0.4 is 10.9 Å². The van der Waals surface area contributed by atoms with Crippen LogP contribution in [0.5, 0.6) is 0 Å². The van der Waals surface area contributed by atoms with Gasteiger partial charge >= 0.3 is 0 Å². The van der Waals surface area contributed by atoms with Gasteiger partial charge in [0.05, 0.1) is 5.69 Å². The molecule has 0 bridgehead atoms. The third kappa shape index (κ3) is 4.42. The molecule has 1 aromatic rings. The molecule has 1 N–H and O–H groups in total. The first-order valence-corrected chi connectivity index (χ1v) is 6.38. The van der Waals surface area contributed by atoms with Gasteiger partial charge in [-0.3, -0.25) is 4.79 Å². The molecule has 0 fully saturated rings. The molecule has 0 spiro atoms. The third-order valence-electron chi connectivity index (χ3n) is 2.08. The Morgan fingerprint density at radius 1 is 1.47 bits per heavy atom. The summed E-state index contributed by atoms with van der Waals surface area (Å²) >= 11 is 1.95. The van der Waals surface area contributed by atoms with Gasteiger partial charge in [-0.25, -0.2) is 0 Å². The quantitative estimate of drug-likeness (QED) is 0.753. The molecule has 0 atom stereocenters. The molecular weight excluding hydrogens is 208 g/mol. The normalized spacial score (nSPS) is 10.3. The predicted molar refractivity (Wildman–Crippen MR) is 67.8 cm³/mol. The summed E-state index contributed by atoms with van der Waals surface area (Å²) in [6.07, 6.45) is 2.98. The number of nitrogens with one attached hydrogen (secondary N) is 1. The van der Waals surface area contributed by atoms with Crippen molar-refractivity contribution in [1.29, 1.82) is 0 Å². The van der Waals surface area contributed by atoms with Gasteiger partial charge in [0, 0.05) is 25.9 Å². The zero-order valence-electron chi connectivity index (χ0n) is 9.32. The van der Waals surface area contributed by atoms with Gasteiger partial charge in [-0.15, -0.1) is 0 Å². The minimum atomic E-state index is 0.0297. The van der Waals surface area contributed by atoms with E-state index in [4.69, 9.17) is 0 Å². The molecular formula is C11H18N2OS. The summed E-state index contributed by atoms with van der Waals surface area (Å²) in [6, 6.07) is 3.42. The second kappa shape index (κ2) is 6.56. The Bertz CT molecular complexity index is 349. The summed E-state index contributed by atoms with van der Waals surface area (Å²) in [5.41, 5.74) is 1.04. The van der Waals surface area contributed by atoms with Crippen molar-refractivity contribution in [2.75, 3.05) is 23.4 Å². The van der Waals surface area contributed by atoms with Crippen molar-refractivity contribution in [1.82, 2.24) is 4.57 Å². The van der Waals surface area contributed by atoms with Gasteiger partial charge in [-0.05, 0) is 24.0 Å². The lowest BCUT2D eigenvalue weighted by Crippen LogP contribution is -2.15. The Kier molecular flexibility index (Phi) is 5.32. The summed E-state index contributed by atoms with van der Waals surface area (Å²) in [7, 11) is 1.76. The summed E-state index contributed by atoms with van der Waals surface area (Å²) < 4.78 is 1.59. The molecule has 0 aliphatic heterocycles. The first-order chi connectivity index (χ1) is 7.24. The molecule has 15 heavy (non-hydrogen) atoms. The smallest absolute Gasteiger partial charge is 0.250 e. The molecule has 0 saturated heterocycles. The van der Waals surface area contributed by atoms with Crippen LogP contribution in [-0.4, -0.2) is 22.6 Å². The summed E-state index contributed by atoms with van der Waals surface area (Å²) in [5, 5.41) is 3.30. The molecule has 0 amide bonds. The van der Waals surface area contributed by atoms with E-state index >= 15 is 0 Å². The van der Waals surface area contributed by atoms with Crippen LogP contribution in [0.25, 0.3) is 0 Å². The second-order valence-corrected chi connectivity index (χ2v) is 4.74. The van der Waals surface area contributed by atoms with Gasteiger partial charge in [0.25, 0.3) is 0 Å². The van der Waals surface area contributed by atoms with E-state index < -0.39 is 0 Å². The molecule has 3 nitrogen and oxygen atoms in total. The van der Waals surface area contributed by atoms with E-state index in [2.05, 4.69) is 12.2 Å². The van der Waals surface area contributed by atoms with Gasteiger partial charge in [-0.2, -0.15) is 11.8 Å². The number of nitrogens with zero attached hydrogens (tertiary/aromatic N) is 1. The maximum Gasteiger partial charge on any atom is 0.250 e. The van der Waals surface area contributed by atoms with Gasteiger partial charge < -0.3 is 9.88 Å². The van der Waals surface area contributed by atoms with Crippen molar-refractivity contribution < 1.29 is 0 Å². The van der Waals surface area contributed by atoms with Crippen LogP contribution in [0.1, 0.15) is 13.3 Å². The predicted octanol–water partition coefficient (Wildman–Crippen LogP) is 1.94. The maximum atomic E-state index is 11.1. The van der Waals surface area contributed by atoms with Crippen molar-refractivity contribution in [3.63, 3.8) is 0 Å². The van der Waals surface area contributed by atoms with Crippen LogP contribution >= 0.6 is 11.8 Å². The number of rotatable bonds is 6. The summed E-state index contributed by atoms with van der Waals surface area (Å²) in [6.45, 7) is 3.14.